The van der Waals surface area contributed by atoms with Crippen LogP contribution in [0.5, 0.6) is 0 Å². The molecule has 6 heteroatoms. The zero-order valence-electron chi connectivity index (χ0n) is 12.0. The molecule has 0 atom stereocenters. The Kier molecular flexibility index (Phi) is 4.31. The summed E-state index contributed by atoms with van der Waals surface area (Å²) in [6.45, 7) is 3.53. The van der Waals surface area contributed by atoms with Gasteiger partial charge in [0, 0.05) is 30.8 Å². The lowest BCUT2D eigenvalue weighted by Gasteiger charge is -2.27. The van der Waals surface area contributed by atoms with E-state index in [9.17, 15) is 4.79 Å². The number of nitrogens with zero attached hydrogens (tertiary/aromatic N) is 2. The van der Waals surface area contributed by atoms with E-state index in [1.807, 2.05) is 10.3 Å². The molecule has 0 aliphatic carbocycles. The molecular weight excluding hydrogens is 306 g/mol. The van der Waals surface area contributed by atoms with Crippen molar-refractivity contribution in [3.05, 3.63) is 38.3 Å². The fraction of sp³-hybridized carbons (Fsp3) is 0.467. The smallest absolute Gasteiger partial charge is 0.265 e. The molecule has 3 heterocycles. The highest BCUT2D eigenvalue weighted by Gasteiger charge is 2.27. The number of carbonyl (C=O) groups excluding carboxylic acids is 1. The molecule has 2 aromatic rings. The number of aryl methyl sites for hydroxylation is 1. The van der Waals surface area contributed by atoms with Crippen molar-refractivity contribution in [1.82, 2.24) is 15.1 Å². The van der Waals surface area contributed by atoms with Crippen molar-refractivity contribution < 1.29 is 4.79 Å². The fourth-order valence-electron chi connectivity index (χ4n) is 2.67. The number of rotatable bonds is 4. The third-order valence-electron chi connectivity index (χ3n) is 3.88. The van der Waals surface area contributed by atoms with Crippen LogP contribution in [0.25, 0.3) is 0 Å². The first-order chi connectivity index (χ1) is 10.2. The van der Waals surface area contributed by atoms with Crippen LogP contribution in [0.3, 0.4) is 0 Å². The third-order valence-corrected chi connectivity index (χ3v) is 5.21. The van der Waals surface area contributed by atoms with E-state index in [1.165, 1.54) is 22.6 Å². The molecule has 1 N–H and O–H groups in total. The van der Waals surface area contributed by atoms with E-state index < -0.39 is 0 Å². The Hall–Kier alpha value is -1.33. The highest BCUT2D eigenvalue weighted by Crippen LogP contribution is 2.27. The number of H-pyrrole nitrogens is 1. The van der Waals surface area contributed by atoms with Gasteiger partial charge in [-0.2, -0.15) is 5.10 Å². The number of hydrogen-bond acceptors (Lipinski definition) is 3. The average molecular weight is 324 g/mol. The molecule has 0 unspecified atom stereocenters. The summed E-state index contributed by atoms with van der Waals surface area (Å²) in [5.74, 6) is 0.0308. The van der Waals surface area contributed by atoms with Crippen LogP contribution >= 0.6 is 22.9 Å². The number of thiophene rings is 1. The van der Waals surface area contributed by atoms with Crippen LogP contribution in [-0.2, 0) is 19.4 Å². The predicted molar refractivity (Wildman–Crippen MR) is 85.0 cm³/mol. The van der Waals surface area contributed by atoms with Gasteiger partial charge < -0.3 is 4.90 Å². The Morgan fingerprint density at radius 2 is 2.43 bits per heavy atom. The normalized spacial score (nSPS) is 14.3. The van der Waals surface area contributed by atoms with Gasteiger partial charge >= 0.3 is 0 Å². The number of aromatic amines is 1. The molecule has 4 nitrogen and oxygen atoms in total. The van der Waals surface area contributed by atoms with Gasteiger partial charge in [0.25, 0.3) is 5.91 Å². The van der Waals surface area contributed by atoms with E-state index >= 15 is 0 Å². The van der Waals surface area contributed by atoms with E-state index in [2.05, 4.69) is 17.1 Å². The lowest BCUT2D eigenvalue weighted by molar-refractivity contribution is 0.0739. The van der Waals surface area contributed by atoms with Crippen LogP contribution in [0.2, 0.25) is 5.02 Å². The van der Waals surface area contributed by atoms with Gasteiger partial charge in [-0.15, -0.1) is 11.3 Å². The molecule has 1 aliphatic heterocycles. The van der Waals surface area contributed by atoms with E-state index in [1.54, 1.807) is 6.07 Å². The summed E-state index contributed by atoms with van der Waals surface area (Å²) in [7, 11) is 0. The van der Waals surface area contributed by atoms with Crippen LogP contribution in [0.1, 0.15) is 46.4 Å². The van der Waals surface area contributed by atoms with Crippen LogP contribution in [0.4, 0.5) is 0 Å². The molecule has 0 aromatic carbocycles. The minimum atomic E-state index is 0.0308. The molecule has 1 aliphatic rings. The van der Waals surface area contributed by atoms with Crippen molar-refractivity contribution in [2.24, 2.45) is 0 Å². The maximum Gasteiger partial charge on any atom is 0.265 e. The highest BCUT2D eigenvalue weighted by atomic mass is 35.5. The van der Waals surface area contributed by atoms with E-state index in [0.29, 0.717) is 16.4 Å². The second kappa shape index (κ2) is 6.20. The fourth-order valence-corrected chi connectivity index (χ4v) is 3.77. The summed E-state index contributed by atoms with van der Waals surface area (Å²) in [5, 5.41) is 9.96. The maximum atomic E-state index is 12.6. The zero-order chi connectivity index (χ0) is 14.8. The van der Waals surface area contributed by atoms with E-state index in [-0.39, 0.29) is 5.91 Å². The van der Waals surface area contributed by atoms with Crippen LogP contribution in [0, 0.1) is 0 Å². The number of nitrogens with one attached hydrogen (secondary N) is 1. The van der Waals surface area contributed by atoms with Gasteiger partial charge in [0.1, 0.15) is 4.88 Å². The van der Waals surface area contributed by atoms with Crippen molar-refractivity contribution in [3.8, 4) is 0 Å². The molecule has 0 radical (unpaired) electrons. The number of halogens is 1. The molecule has 0 bridgehead atoms. The van der Waals surface area contributed by atoms with Gasteiger partial charge in [-0.05, 0) is 24.3 Å². The Morgan fingerprint density at radius 1 is 1.57 bits per heavy atom. The number of carbonyl (C=O) groups is 1. The second-order valence-corrected chi connectivity index (χ2v) is 6.63. The van der Waals surface area contributed by atoms with Crippen molar-refractivity contribution in [2.45, 2.75) is 39.2 Å². The highest BCUT2D eigenvalue weighted by molar-refractivity contribution is 7.12. The summed E-state index contributed by atoms with van der Waals surface area (Å²) in [5.41, 5.74) is 3.50. The van der Waals surface area contributed by atoms with Crippen molar-refractivity contribution in [1.29, 1.82) is 0 Å². The lowest BCUT2D eigenvalue weighted by Crippen LogP contribution is -2.35. The molecule has 21 heavy (non-hydrogen) atoms. The van der Waals surface area contributed by atoms with Gasteiger partial charge in [0.15, 0.2) is 0 Å². The Labute approximate surface area is 133 Å². The molecule has 3 rings (SSSR count). The molecular formula is C15H18ClN3OS. The van der Waals surface area contributed by atoms with Crippen molar-refractivity contribution in [2.75, 3.05) is 6.54 Å². The zero-order valence-corrected chi connectivity index (χ0v) is 13.6. The maximum absolute atomic E-state index is 12.6. The van der Waals surface area contributed by atoms with Gasteiger partial charge in [0.05, 0.1) is 10.7 Å². The van der Waals surface area contributed by atoms with Gasteiger partial charge in [-0.1, -0.05) is 24.9 Å². The first-order valence-corrected chi connectivity index (χ1v) is 8.53. The Morgan fingerprint density at radius 3 is 3.14 bits per heavy atom. The van der Waals surface area contributed by atoms with Crippen LogP contribution in [0.15, 0.2) is 11.4 Å². The molecule has 0 fully saturated rings. The summed E-state index contributed by atoms with van der Waals surface area (Å²) in [6, 6.07) is 1.78. The average Bonchev–Trinajstić information content (AvgIpc) is 3.10. The summed E-state index contributed by atoms with van der Waals surface area (Å²) >= 11 is 7.48. The lowest BCUT2D eigenvalue weighted by atomic mass is 10.0. The quantitative estimate of drug-likeness (QED) is 0.933. The minimum Gasteiger partial charge on any atom is -0.333 e. The third kappa shape index (κ3) is 2.85. The van der Waals surface area contributed by atoms with Gasteiger partial charge in [-0.3, -0.25) is 9.89 Å². The van der Waals surface area contributed by atoms with Crippen LogP contribution < -0.4 is 0 Å². The number of hydrogen-bond donors (Lipinski definition) is 1. The largest absolute Gasteiger partial charge is 0.333 e. The minimum absolute atomic E-state index is 0.0308. The Balaban J connectivity index is 1.79. The predicted octanol–water partition coefficient (Wildman–Crippen LogP) is 3.67. The SMILES string of the molecule is CCCCc1n[nH]c2c1CN(C(=O)c1sccc1Cl)CC2. The molecule has 112 valence electrons. The number of fused-ring (bicyclic) bond motifs is 1. The molecule has 0 saturated heterocycles. The monoisotopic (exact) mass is 323 g/mol. The van der Waals surface area contributed by atoms with Crippen molar-refractivity contribution in [3.63, 3.8) is 0 Å². The number of amides is 1. The second-order valence-electron chi connectivity index (χ2n) is 5.31. The molecule has 2 aromatic heterocycles. The van der Waals surface area contributed by atoms with Crippen molar-refractivity contribution >= 4 is 28.8 Å². The molecule has 0 saturated carbocycles. The number of aromatic nitrogens is 2. The van der Waals surface area contributed by atoms with E-state index in [4.69, 9.17) is 11.6 Å². The van der Waals surface area contributed by atoms with Gasteiger partial charge in [-0.25, -0.2) is 0 Å². The molecule has 1 amide bonds. The van der Waals surface area contributed by atoms with Crippen LogP contribution in [-0.4, -0.2) is 27.5 Å². The standard InChI is InChI=1S/C15H18ClN3OS/c1-2-3-4-12-10-9-19(7-5-13(10)18-17-12)15(20)14-11(16)6-8-21-14/h6,8H,2-5,7,9H2,1H3,(H,17,18). The van der Waals surface area contributed by atoms with E-state index in [0.717, 1.165) is 37.9 Å². The summed E-state index contributed by atoms with van der Waals surface area (Å²) in [6.07, 6.45) is 4.09. The first-order valence-electron chi connectivity index (χ1n) is 7.28. The number of unbranched alkanes of at least 4 members (excludes halogenated alkanes) is 1. The topological polar surface area (TPSA) is 49.0 Å². The first kappa shape index (κ1) is 14.6. The van der Waals surface area contributed by atoms with Gasteiger partial charge in [0.2, 0.25) is 0 Å². The summed E-state index contributed by atoms with van der Waals surface area (Å²) < 4.78 is 0. The molecule has 0 spiro atoms. The Bertz CT molecular complexity index is 649. The summed E-state index contributed by atoms with van der Waals surface area (Å²) in [4.78, 5) is 15.1.